The second-order valence-electron chi connectivity index (χ2n) is 6.07. The molecule has 0 amide bonds. The number of carbonyl (C=O) groups is 1. The van der Waals surface area contributed by atoms with Crippen molar-refractivity contribution in [3.63, 3.8) is 0 Å². The van der Waals surface area contributed by atoms with Gasteiger partial charge in [0.15, 0.2) is 5.78 Å². The van der Waals surface area contributed by atoms with Crippen molar-refractivity contribution in [3.05, 3.63) is 34.9 Å². The highest BCUT2D eigenvalue weighted by molar-refractivity contribution is 8.00. The molecule has 1 heterocycles. The highest BCUT2D eigenvalue weighted by Gasteiger charge is 2.30. The lowest BCUT2D eigenvalue weighted by Crippen LogP contribution is -2.48. The molecule has 1 aliphatic rings. The van der Waals surface area contributed by atoms with Gasteiger partial charge in [-0.25, -0.2) is 0 Å². The molecule has 1 aromatic carbocycles. The van der Waals surface area contributed by atoms with Gasteiger partial charge >= 0.3 is 0 Å². The smallest absolute Gasteiger partial charge is 0.179 e. The van der Waals surface area contributed by atoms with E-state index in [1.54, 1.807) is 0 Å². The Morgan fingerprint density at radius 1 is 1.25 bits per heavy atom. The zero-order chi connectivity index (χ0) is 14.9. The summed E-state index contributed by atoms with van der Waals surface area (Å²) < 4.78 is 0. The van der Waals surface area contributed by atoms with Crippen LogP contribution in [0.25, 0.3) is 0 Å². The predicted octanol–water partition coefficient (Wildman–Crippen LogP) is 3.70. The molecule has 2 nitrogen and oxygen atoms in total. The first-order valence-electron chi connectivity index (χ1n) is 7.39. The second kappa shape index (κ2) is 6.31. The van der Waals surface area contributed by atoms with E-state index in [-0.39, 0.29) is 11.8 Å². The molecule has 0 N–H and O–H groups in total. The summed E-state index contributed by atoms with van der Waals surface area (Å²) in [6, 6.07) is 6.12. The molecule has 2 rings (SSSR count). The van der Waals surface area contributed by atoms with E-state index in [4.69, 9.17) is 0 Å². The SMILES string of the molecule is Cc1ccc(C)c(C(=O)C(C)N2CC(C)SC(C)C2)c1. The molecule has 0 bridgehead atoms. The summed E-state index contributed by atoms with van der Waals surface area (Å²) in [6.45, 7) is 12.6. The van der Waals surface area contributed by atoms with Crippen molar-refractivity contribution in [2.24, 2.45) is 0 Å². The number of Topliss-reactive ketones (excluding diaryl/α,β-unsaturated/α-hetero) is 1. The third-order valence-corrected chi connectivity index (χ3v) is 5.26. The average Bonchev–Trinajstić information content (AvgIpc) is 2.38. The standard InChI is InChI=1S/C17H25NOS/c1-11-6-7-12(2)16(8-11)17(19)15(5)18-9-13(3)20-14(4)10-18/h6-8,13-15H,9-10H2,1-5H3. The Morgan fingerprint density at radius 2 is 1.85 bits per heavy atom. The Morgan fingerprint density at radius 3 is 2.45 bits per heavy atom. The van der Waals surface area contributed by atoms with Gasteiger partial charge in [0.1, 0.15) is 0 Å². The van der Waals surface area contributed by atoms with Crippen LogP contribution in [0, 0.1) is 13.8 Å². The Labute approximate surface area is 126 Å². The molecule has 0 radical (unpaired) electrons. The maximum Gasteiger partial charge on any atom is 0.179 e. The Balaban J connectivity index is 2.17. The molecule has 1 fully saturated rings. The van der Waals surface area contributed by atoms with Gasteiger partial charge in [0.25, 0.3) is 0 Å². The van der Waals surface area contributed by atoms with Gasteiger partial charge in [0.2, 0.25) is 0 Å². The molecule has 3 heteroatoms. The van der Waals surface area contributed by atoms with Gasteiger partial charge in [-0.15, -0.1) is 0 Å². The molecule has 1 aromatic rings. The molecule has 1 saturated heterocycles. The van der Waals surface area contributed by atoms with Gasteiger partial charge in [-0.2, -0.15) is 11.8 Å². The molecule has 0 aliphatic carbocycles. The van der Waals surface area contributed by atoms with Crippen LogP contribution in [-0.2, 0) is 0 Å². The van der Waals surface area contributed by atoms with Gasteiger partial charge in [0.05, 0.1) is 6.04 Å². The number of hydrogen-bond acceptors (Lipinski definition) is 3. The van der Waals surface area contributed by atoms with Crippen LogP contribution in [0.1, 0.15) is 42.3 Å². The van der Waals surface area contributed by atoms with E-state index >= 15 is 0 Å². The van der Waals surface area contributed by atoms with E-state index in [0.717, 1.165) is 29.8 Å². The molecule has 0 saturated carbocycles. The normalized spacial score (nSPS) is 25.4. The predicted molar refractivity (Wildman–Crippen MR) is 87.8 cm³/mol. The summed E-state index contributed by atoms with van der Waals surface area (Å²) in [5.41, 5.74) is 3.12. The van der Waals surface area contributed by atoms with Crippen LogP contribution in [-0.4, -0.2) is 40.3 Å². The summed E-state index contributed by atoms with van der Waals surface area (Å²) in [5, 5.41) is 1.21. The fraction of sp³-hybridized carbons (Fsp3) is 0.588. The van der Waals surface area contributed by atoms with Crippen molar-refractivity contribution >= 4 is 17.5 Å². The zero-order valence-corrected chi connectivity index (χ0v) is 14.0. The third-order valence-electron chi connectivity index (χ3n) is 4.03. The van der Waals surface area contributed by atoms with Gasteiger partial charge in [-0.05, 0) is 32.4 Å². The number of rotatable bonds is 3. The summed E-state index contributed by atoms with van der Waals surface area (Å²) in [6.07, 6.45) is 0. The van der Waals surface area contributed by atoms with E-state index in [2.05, 4.69) is 31.7 Å². The number of thioether (sulfide) groups is 1. The number of aryl methyl sites for hydroxylation is 2. The highest BCUT2D eigenvalue weighted by Crippen LogP contribution is 2.27. The molecule has 0 aromatic heterocycles. The first-order chi connectivity index (χ1) is 9.38. The van der Waals surface area contributed by atoms with Crippen LogP contribution in [0.5, 0.6) is 0 Å². The van der Waals surface area contributed by atoms with E-state index in [0.29, 0.717) is 10.5 Å². The van der Waals surface area contributed by atoms with Crippen LogP contribution in [0.3, 0.4) is 0 Å². The summed E-state index contributed by atoms with van der Waals surface area (Å²) in [7, 11) is 0. The van der Waals surface area contributed by atoms with Crippen molar-refractivity contribution in [1.82, 2.24) is 4.90 Å². The largest absolute Gasteiger partial charge is 0.292 e. The molecule has 3 unspecified atom stereocenters. The third kappa shape index (κ3) is 3.44. The lowest BCUT2D eigenvalue weighted by Gasteiger charge is -2.37. The number of hydrogen-bond donors (Lipinski definition) is 0. The van der Waals surface area contributed by atoms with Crippen LogP contribution in [0.4, 0.5) is 0 Å². The minimum atomic E-state index is -0.0266. The molecule has 3 atom stereocenters. The van der Waals surface area contributed by atoms with Gasteiger partial charge in [-0.1, -0.05) is 31.5 Å². The van der Waals surface area contributed by atoms with Crippen LogP contribution >= 0.6 is 11.8 Å². The maximum atomic E-state index is 12.8. The van der Waals surface area contributed by atoms with Crippen molar-refractivity contribution in [2.45, 2.75) is 51.2 Å². The van der Waals surface area contributed by atoms with Crippen molar-refractivity contribution in [2.75, 3.05) is 13.1 Å². The quantitative estimate of drug-likeness (QED) is 0.792. The van der Waals surface area contributed by atoms with E-state index < -0.39 is 0 Å². The number of nitrogens with zero attached hydrogens (tertiary/aromatic N) is 1. The van der Waals surface area contributed by atoms with Gasteiger partial charge < -0.3 is 0 Å². The zero-order valence-electron chi connectivity index (χ0n) is 13.1. The summed E-state index contributed by atoms with van der Waals surface area (Å²) in [4.78, 5) is 15.1. The fourth-order valence-electron chi connectivity index (χ4n) is 2.93. The number of ketones is 1. The Hall–Kier alpha value is -0.800. The summed E-state index contributed by atoms with van der Waals surface area (Å²) >= 11 is 2.02. The monoisotopic (exact) mass is 291 g/mol. The first kappa shape index (κ1) is 15.6. The van der Waals surface area contributed by atoms with Crippen LogP contribution < -0.4 is 0 Å². The maximum absolute atomic E-state index is 12.8. The Bertz CT molecular complexity index is 490. The van der Waals surface area contributed by atoms with Gasteiger partial charge in [0, 0.05) is 29.2 Å². The van der Waals surface area contributed by atoms with E-state index in [1.165, 1.54) is 0 Å². The van der Waals surface area contributed by atoms with Crippen molar-refractivity contribution in [3.8, 4) is 0 Å². The minimum absolute atomic E-state index is 0.0266. The molecule has 0 spiro atoms. The highest BCUT2D eigenvalue weighted by atomic mass is 32.2. The average molecular weight is 291 g/mol. The second-order valence-corrected chi connectivity index (χ2v) is 7.95. The van der Waals surface area contributed by atoms with Crippen LogP contribution in [0.2, 0.25) is 0 Å². The summed E-state index contributed by atoms with van der Waals surface area (Å²) in [5.74, 6) is 0.262. The van der Waals surface area contributed by atoms with Crippen molar-refractivity contribution < 1.29 is 4.79 Å². The Kier molecular flexibility index (Phi) is 4.92. The first-order valence-corrected chi connectivity index (χ1v) is 8.33. The molecule has 1 aliphatic heterocycles. The minimum Gasteiger partial charge on any atom is -0.292 e. The van der Waals surface area contributed by atoms with Gasteiger partial charge in [-0.3, -0.25) is 9.69 Å². The van der Waals surface area contributed by atoms with E-state index in [1.807, 2.05) is 37.7 Å². The fourth-order valence-corrected chi connectivity index (χ4v) is 4.27. The molecule has 20 heavy (non-hydrogen) atoms. The lowest BCUT2D eigenvalue weighted by molar-refractivity contribution is 0.0835. The lowest BCUT2D eigenvalue weighted by atomic mass is 9.97. The molecule has 110 valence electrons. The van der Waals surface area contributed by atoms with Crippen molar-refractivity contribution in [1.29, 1.82) is 0 Å². The topological polar surface area (TPSA) is 20.3 Å². The van der Waals surface area contributed by atoms with Crippen LogP contribution in [0.15, 0.2) is 18.2 Å². The number of carbonyl (C=O) groups excluding carboxylic acids is 1. The molecular weight excluding hydrogens is 266 g/mol. The van der Waals surface area contributed by atoms with E-state index in [9.17, 15) is 4.79 Å². The molecular formula is C17H25NOS. The number of benzene rings is 1.